The van der Waals surface area contributed by atoms with Crippen LogP contribution in [0.5, 0.6) is 5.75 Å². The van der Waals surface area contributed by atoms with Crippen molar-refractivity contribution in [2.75, 3.05) is 25.1 Å². The minimum atomic E-state index is -0.529. The minimum Gasteiger partial charge on any atom is -0.493 e. The van der Waals surface area contributed by atoms with E-state index in [1.807, 2.05) is 16.7 Å². The standard InChI is InChI=1S/C22H23ClF2N4O/c1-30-21-16(25)5-4-15(24)19(21)14-6-9-28(10-7-14)17-8-11-29-18(12-13-2-3-13)26-27-22(29)20(17)23/h4-5,8,11,13-14H,2-3,6-7,9-10,12H2,1H3. The quantitative estimate of drug-likeness (QED) is 0.568. The zero-order valence-corrected chi connectivity index (χ0v) is 17.5. The molecular weight excluding hydrogens is 410 g/mol. The van der Waals surface area contributed by atoms with Gasteiger partial charge in [0, 0.05) is 31.3 Å². The Bertz CT molecular complexity index is 1090. The number of methoxy groups -OCH3 is 1. The minimum absolute atomic E-state index is 0.0135. The molecule has 5 rings (SSSR count). The highest BCUT2D eigenvalue weighted by Crippen LogP contribution is 2.40. The Morgan fingerprint density at radius 2 is 1.80 bits per heavy atom. The number of rotatable bonds is 5. The number of hydrogen-bond donors (Lipinski definition) is 0. The molecule has 2 aliphatic rings. The molecule has 0 amide bonds. The maximum absolute atomic E-state index is 14.5. The van der Waals surface area contributed by atoms with Crippen LogP contribution < -0.4 is 9.64 Å². The van der Waals surface area contributed by atoms with E-state index in [4.69, 9.17) is 16.3 Å². The summed E-state index contributed by atoms with van der Waals surface area (Å²) in [6, 6.07) is 4.28. The SMILES string of the molecule is COc1c(F)ccc(F)c1C1CCN(c2ccn3c(CC4CC4)nnc3c2Cl)CC1. The van der Waals surface area contributed by atoms with Crippen molar-refractivity contribution in [1.82, 2.24) is 14.6 Å². The van der Waals surface area contributed by atoms with Crippen molar-refractivity contribution >= 4 is 22.9 Å². The molecule has 0 radical (unpaired) electrons. The summed E-state index contributed by atoms with van der Waals surface area (Å²) in [5, 5.41) is 9.22. The van der Waals surface area contributed by atoms with Gasteiger partial charge in [-0.2, -0.15) is 0 Å². The lowest BCUT2D eigenvalue weighted by Crippen LogP contribution is -2.33. The highest BCUT2D eigenvalue weighted by Gasteiger charge is 2.29. The van der Waals surface area contributed by atoms with Crippen molar-refractivity contribution in [3.63, 3.8) is 0 Å². The predicted molar refractivity (Wildman–Crippen MR) is 112 cm³/mol. The van der Waals surface area contributed by atoms with Gasteiger partial charge in [0.15, 0.2) is 17.2 Å². The summed E-state index contributed by atoms with van der Waals surface area (Å²) in [5.74, 6) is 0.632. The lowest BCUT2D eigenvalue weighted by Gasteiger charge is -2.34. The van der Waals surface area contributed by atoms with Crippen LogP contribution in [0, 0.1) is 17.6 Å². The first kappa shape index (κ1) is 19.5. The molecule has 1 saturated carbocycles. The summed E-state index contributed by atoms with van der Waals surface area (Å²) in [6.45, 7) is 1.37. The molecule has 2 fully saturated rings. The maximum atomic E-state index is 14.5. The summed E-state index contributed by atoms with van der Waals surface area (Å²) in [4.78, 5) is 2.18. The molecule has 1 aliphatic heterocycles. The van der Waals surface area contributed by atoms with Crippen LogP contribution in [0.15, 0.2) is 24.4 Å². The van der Waals surface area contributed by atoms with Gasteiger partial charge >= 0.3 is 0 Å². The number of fused-ring (bicyclic) bond motifs is 1. The maximum Gasteiger partial charge on any atom is 0.181 e. The van der Waals surface area contributed by atoms with Crippen molar-refractivity contribution in [2.45, 2.75) is 38.0 Å². The van der Waals surface area contributed by atoms with Crippen molar-refractivity contribution in [3.05, 3.63) is 52.4 Å². The van der Waals surface area contributed by atoms with Crippen LogP contribution in [0.1, 0.15) is 43.0 Å². The average Bonchev–Trinajstić information content (AvgIpc) is 3.48. The fourth-order valence-corrected chi connectivity index (χ4v) is 4.78. The number of anilines is 1. The molecule has 2 aromatic heterocycles. The van der Waals surface area contributed by atoms with Crippen LogP contribution in [-0.2, 0) is 6.42 Å². The van der Waals surface area contributed by atoms with Crippen LogP contribution in [0.25, 0.3) is 5.65 Å². The van der Waals surface area contributed by atoms with E-state index in [-0.39, 0.29) is 11.7 Å². The molecule has 1 saturated heterocycles. The highest BCUT2D eigenvalue weighted by molar-refractivity contribution is 6.36. The van der Waals surface area contributed by atoms with Gasteiger partial charge in [-0.05, 0) is 55.7 Å². The van der Waals surface area contributed by atoms with Gasteiger partial charge in [-0.15, -0.1) is 10.2 Å². The molecule has 30 heavy (non-hydrogen) atoms. The third kappa shape index (κ3) is 3.39. The van der Waals surface area contributed by atoms with Gasteiger partial charge in [-0.1, -0.05) is 11.6 Å². The first-order valence-corrected chi connectivity index (χ1v) is 10.7. The van der Waals surface area contributed by atoms with E-state index in [2.05, 4.69) is 15.1 Å². The molecule has 0 spiro atoms. The third-order valence-corrected chi connectivity index (χ3v) is 6.64. The van der Waals surface area contributed by atoms with E-state index in [1.54, 1.807) is 0 Å². The van der Waals surface area contributed by atoms with Crippen LogP contribution >= 0.6 is 11.6 Å². The van der Waals surface area contributed by atoms with E-state index >= 15 is 0 Å². The largest absolute Gasteiger partial charge is 0.493 e. The van der Waals surface area contributed by atoms with Crippen molar-refractivity contribution in [1.29, 1.82) is 0 Å². The Kier molecular flexibility index (Phi) is 5.01. The van der Waals surface area contributed by atoms with Gasteiger partial charge in [0.1, 0.15) is 16.7 Å². The first-order chi connectivity index (χ1) is 14.6. The Labute approximate surface area is 178 Å². The molecule has 3 aromatic rings. The molecular formula is C22H23ClF2N4O. The number of piperidine rings is 1. The van der Waals surface area contributed by atoms with E-state index in [9.17, 15) is 8.78 Å². The summed E-state index contributed by atoms with van der Waals surface area (Å²) >= 11 is 6.69. The van der Waals surface area contributed by atoms with E-state index in [0.717, 1.165) is 29.9 Å². The zero-order valence-electron chi connectivity index (χ0n) is 16.7. The lowest BCUT2D eigenvalue weighted by atomic mass is 9.88. The molecule has 0 N–H and O–H groups in total. The zero-order chi connectivity index (χ0) is 20.8. The second kappa shape index (κ2) is 7.69. The number of benzene rings is 1. The average molecular weight is 433 g/mol. The number of nitrogens with zero attached hydrogens (tertiary/aromatic N) is 4. The predicted octanol–water partition coefficient (Wildman–Crippen LogP) is 5.01. The monoisotopic (exact) mass is 432 g/mol. The van der Waals surface area contributed by atoms with E-state index in [0.29, 0.717) is 42.2 Å². The molecule has 5 nitrogen and oxygen atoms in total. The first-order valence-electron chi connectivity index (χ1n) is 10.4. The molecule has 0 atom stereocenters. The topological polar surface area (TPSA) is 42.7 Å². The number of halogens is 3. The van der Waals surface area contributed by atoms with Crippen LogP contribution in [0.3, 0.4) is 0 Å². The van der Waals surface area contributed by atoms with Crippen molar-refractivity contribution in [3.8, 4) is 5.75 Å². The number of pyridine rings is 1. The van der Waals surface area contributed by atoms with Crippen molar-refractivity contribution in [2.24, 2.45) is 5.92 Å². The van der Waals surface area contributed by atoms with Crippen LogP contribution in [0.4, 0.5) is 14.5 Å². The molecule has 158 valence electrons. The highest BCUT2D eigenvalue weighted by atomic mass is 35.5. The smallest absolute Gasteiger partial charge is 0.181 e. The molecule has 0 unspecified atom stereocenters. The second-order valence-corrected chi connectivity index (χ2v) is 8.59. The van der Waals surface area contributed by atoms with E-state index < -0.39 is 11.6 Å². The Hall–Kier alpha value is -2.41. The van der Waals surface area contributed by atoms with Crippen LogP contribution in [-0.4, -0.2) is 34.8 Å². The van der Waals surface area contributed by atoms with Gasteiger partial charge in [-0.3, -0.25) is 4.40 Å². The Balaban J connectivity index is 1.36. The van der Waals surface area contributed by atoms with Gasteiger partial charge in [0.2, 0.25) is 0 Å². The number of aromatic nitrogens is 3. The molecule has 1 aromatic carbocycles. The van der Waals surface area contributed by atoms with Gasteiger partial charge < -0.3 is 9.64 Å². The number of ether oxygens (including phenoxy) is 1. The van der Waals surface area contributed by atoms with Crippen LogP contribution in [0.2, 0.25) is 5.02 Å². The third-order valence-electron chi connectivity index (χ3n) is 6.28. The molecule has 8 heteroatoms. The summed E-state index contributed by atoms with van der Waals surface area (Å²) in [7, 11) is 1.38. The summed E-state index contributed by atoms with van der Waals surface area (Å²) in [6.07, 6.45) is 6.79. The Morgan fingerprint density at radius 1 is 1.07 bits per heavy atom. The Morgan fingerprint density at radius 3 is 2.50 bits per heavy atom. The molecule has 1 aliphatic carbocycles. The number of hydrogen-bond acceptors (Lipinski definition) is 4. The van der Waals surface area contributed by atoms with Gasteiger partial charge in [-0.25, -0.2) is 8.78 Å². The molecule has 3 heterocycles. The summed E-state index contributed by atoms with van der Waals surface area (Å²) in [5.41, 5.74) is 1.91. The fraction of sp³-hybridized carbons (Fsp3) is 0.455. The van der Waals surface area contributed by atoms with E-state index in [1.165, 1.54) is 26.0 Å². The fourth-order valence-electron chi connectivity index (χ4n) is 4.47. The normalized spacial score (nSPS) is 17.7. The lowest BCUT2D eigenvalue weighted by molar-refractivity contribution is 0.363. The summed E-state index contributed by atoms with van der Waals surface area (Å²) < 4.78 is 35.7. The van der Waals surface area contributed by atoms with Crippen molar-refractivity contribution < 1.29 is 13.5 Å². The van der Waals surface area contributed by atoms with Gasteiger partial charge in [0.25, 0.3) is 0 Å². The second-order valence-electron chi connectivity index (χ2n) is 8.21. The van der Waals surface area contributed by atoms with Gasteiger partial charge in [0.05, 0.1) is 12.8 Å². The molecule has 0 bridgehead atoms.